The summed E-state index contributed by atoms with van der Waals surface area (Å²) in [5.74, 6) is -0.172. The van der Waals surface area contributed by atoms with Crippen LogP contribution in [0.5, 0.6) is 0 Å². The number of rotatable bonds is 7. The number of amides is 1. The topological polar surface area (TPSA) is 64.7 Å². The van der Waals surface area contributed by atoms with E-state index in [1.165, 1.54) is 10.9 Å². The molecule has 6 heteroatoms. The minimum Gasteiger partial charge on any atom is -0.351 e. The second kappa shape index (κ2) is 8.08. The van der Waals surface area contributed by atoms with Crippen LogP contribution in [0.25, 0.3) is 10.9 Å². The standard InChI is InChI=1S/C22H23N5O/c1-17-21(24-25-27(17)16-18-8-3-2-4-9-18)22(28)23-13-7-14-26-15-12-19-10-5-6-11-20(19)26/h2-6,8-12,15H,7,13-14,16H2,1H3,(H,23,28). The molecule has 28 heavy (non-hydrogen) atoms. The smallest absolute Gasteiger partial charge is 0.273 e. The van der Waals surface area contributed by atoms with Crippen molar-refractivity contribution in [1.29, 1.82) is 0 Å². The van der Waals surface area contributed by atoms with Crippen molar-refractivity contribution < 1.29 is 4.79 Å². The Bertz CT molecular complexity index is 1080. The van der Waals surface area contributed by atoms with E-state index in [0.717, 1.165) is 24.2 Å². The van der Waals surface area contributed by atoms with Crippen LogP contribution in [-0.4, -0.2) is 32.0 Å². The number of hydrogen-bond acceptors (Lipinski definition) is 3. The van der Waals surface area contributed by atoms with Gasteiger partial charge in [0.15, 0.2) is 5.69 Å². The summed E-state index contributed by atoms with van der Waals surface area (Å²) in [5.41, 5.74) is 3.51. The molecule has 0 aliphatic heterocycles. The Morgan fingerprint density at radius 3 is 2.68 bits per heavy atom. The molecule has 0 aliphatic carbocycles. The monoisotopic (exact) mass is 373 g/mol. The molecule has 0 atom stereocenters. The normalized spacial score (nSPS) is 11.0. The fraction of sp³-hybridized carbons (Fsp3) is 0.227. The van der Waals surface area contributed by atoms with Gasteiger partial charge in [-0.1, -0.05) is 53.7 Å². The molecule has 2 aromatic heterocycles. The van der Waals surface area contributed by atoms with E-state index in [-0.39, 0.29) is 5.91 Å². The van der Waals surface area contributed by atoms with E-state index in [0.29, 0.717) is 18.8 Å². The molecule has 0 unspecified atom stereocenters. The van der Waals surface area contributed by atoms with Gasteiger partial charge in [0.2, 0.25) is 0 Å². The zero-order chi connectivity index (χ0) is 19.3. The lowest BCUT2D eigenvalue weighted by molar-refractivity contribution is 0.0947. The van der Waals surface area contributed by atoms with Crippen LogP contribution in [0.15, 0.2) is 66.9 Å². The largest absolute Gasteiger partial charge is 0.351 e. The Labute approximate surface area is 163 Å². The molecule has 0 spiro atoms. The summed E-state index contributed by atoms with van der Waals surface area (Å²) >= 11 is 0. The van der Waals surface area contributed by atoms with Crippen molar-refractivity contribution in [3.63, 3.8) is 0 Å². The molecule has 1 N–H and O–H groups in total. The fourth-order valence-electron chi connectivity index (χ4n) is 3.35. The minimum absolute atomic E-state index is 0.172. The Morgan fingerprint density at radius 1 is 1.04 bits per heavy atom. The SMILES string of the molecule is Cc1c(C(=O)NCCCn2ccc3ccccc32)nnn1Cc1ccccc1. The molecule has 142 valence electrons. The highest BCUT2D eigenvalue weighted by molar-refractivity contribution is 5.93. The van der Waals surface area contributed by atoms with Crippen LogP contribution in [0.2, 0.25) is 0 Å². The van der Waals surface area contributed by atoms with Gasteiger partial charge < -0.3 is 9.88 Å². The number of para-hydroxylation sites is 1. The molecule has 4 rings (SSSR count). The Hall–Kier alpha value is -3.41. The maximum absolute atomic E-state index is 12.5. The first-order valence-corrected chi connectivity index (χ1v) is 9.48. The maximum Gasteiger partial charge on any atom is 0.273 e. The van der Waals surface area contributed by atoms with Crippen LogP contribution in [0.4, 0.5) is 0 Å². The molecule has 0 fully saturated rings. The number of carbonyl (C=O) groups excluding carboxylic acids is 1. The molecule has 2 heterocycles. The van der Waals surface area contributed by atoms with Crippen molar-refractivity contribution in [2.75, 3.05) is 6.54 Å². The van der Waals surface area contributed by atoms with Crippen LogP contribution < -0.4 is 5.32 Å². The van der Waals surface area contributed by atoms with Gasteiger partial charge in [-0.2, -0.15) is 0 Å². The molecular weight excluding hydrogens is 350 g/mol. The lowest BCUT2D eigenvalue weighted by Crippen LogP contribution is -2.26. The highest BCUT2D eigenvalue weighted by Gasteiger charge is 2.16. The van der Waals surface area contributed by atoms with E-state index in [1.807, 2.05) is 49.4 Å². The summed E-state index contributed by atoms with van der Waals surface area (Å²) in [7, 11) is 0. The summed E-state index contributed by atoms with van der Waals surface area (Å²) < 4.78 is 3.97. The molecule has 6 nitrogen and oxygen atoms in total. The van der Waals surface area contributed by atoms with Crippen molar-refractivity contribution in [2.45, 2.75) is 26.4 Å². The number of nitrogens with zero attached hydrogens (tertiary/aromatic N) is 4. The van der Waals surface area contributed by atoms with E-state index in [4.69, 9.17) is 0 Å². The van der Waals surface area contributed by atoms with E-state index in [1.54, 1.807) is 4.68 Å². The Morgan fingerprint density at radius 2 is 1.82 bits per heavy atom. The molecule has 0 aliphatic rings. The van der Waals surface area contributed by atoms with E-state index >= 15 is 0 Å². The average Bonchev–Trinajstić information content (AvgIpc) is 3.30. The Kier molecular flexibility index (Phi) is 5.19. The molecule has 0 radical (unpaired) electrons. The van der Waals surface area contributed by atoms with E-state index in [2.05, 4.69) is 44.6 Å². The molecule has 0 saturated carbocycles. The number of fused-ring (bicyclic) bond motifs is 1. The summed E-state index contributed by atoms with van der Waals surface area (Å²) in [6, 6.07) is 20.4. The van der Waals surface area contributed by atoms with Gasteiger partial charge in [-0.3, -0.25) is 4.79 Å². The van der Waals surface area contributed by atoms with Crippen LogP contribution in [0.3, 0.4) is 0 Å². The van der Waals surface area contributed by atoms with E-state index in [9.17, 15) is 4.79 Å². The van der Waals surface area contributed by atoms with Crippen LogP contribution >= 0.6 is 0 Å². The first-order valence-electron chi connectivity index (χ1n) is 9.48. The first-order chi connectivity index (χ1) is 13.7. The molecule has 0 bridgehead atoms. The van der Waals surface area contributed by atoms with Crippen molar-refractivity contribution in [2.24, 2.45) is 0 Å². The third-order valence-corrected chi connectivity index (χ3v) is 4.91. The number of aromatic nitrogens is 4. The number of carbonyl (C=O) groups is 1. The highest BCUT2D eigenvalue weighted by atomic mass is 16.2. The van der Waals surface area contributed by atoms with Gasteiger partial charge in [0.1, 0.15) is 0 Å². The van der Waals surface area contributed by atoms with Crippen LogP contribution in [0.1, 0.15) is 28.2 Å². The average molecular weight is 373 g/mol. The summed E-state index contributed by atoms with van der Waals surface area (Å²) in [6.45, 7) is 3.93. The second-order valence-corrected chi connectivity index (χ2v) is 6.84. The van der Waals surface area contributed by atoms with Gasteiger partial charge in [0.05, 0.1) is 12.2 Å². The van der Waals surface area contributed by atoms with Gasteiger partial charge in [-0.25, -0.2) is 4.68 Å². The van der Waals surface area contributed by atoms with Crippen molar-refractivity contribution >= 4 is 16.8 Å². The number of aryl methyl sites for hydroxylation is 1. The van der Waals surface area contributed by atoms with Crippen molar-refractivity contribution in [3.05, 3.63) is 83.8 Å². The predicted octanol–water partition coefficient (Wildman–Crippen LogP) is 3.41. The second-order valence-electron chi connectivity index (χ2n) is 6.84. The molecule has 0 saturated heterocycles. The number of nitrogens with one attached hydrogen (secondary N) is 1. The number of hydrogen-bond donors (Lipinski definition) is 1. The molecule has 4 aromatic rings. The van der Waals surface area contributed by atoms with E-state index < -0.39 is 0 Å². The molecular formula is C22H23N5O. The maximum atomic E-state index is 12.5. The predicted molar refractivity (Wildman–Crippen MR) is 109 cm³/mol. The lowest BCUT2D eigenvalue weighted by atomic mass is 10.2. The van der Waals surface area contributed by atoms with Gasteiger partial charge in [-0.05, 0) is 36.4 Å². The van der Waals surface area contributed by atoms with Gasteiger partial charge in [0, 0.05) is 24.8 Å². The summed E-state index contributed by atoms with van der Waals surface area (Å²) in [5, 5.41) is 12.4. The quantitative estimate of drug-likeness (QED) is 0.505. The summed E-state index contributed by atoms with van der Waals surface area (Å²) in [4.78, 5) is 12.5. The Balaban J connectivity index is 1.32. The minimum atomic E-state index is -0.172. The highest BCUT2D eigenvalue weighted by Crippen LogP contribution is 2.15. The third-order valence-electron chi connectivity index (χ3n) is 4.91. The van der Waals surface area contributed by atoms with Crippen molar-refractivity contribution in [3.8, 4) is 0 Å². The third kappa shape index (κ3) is 3.81. The van der Waals surface area contributed by atoms with Gasteiger partial charge in [0.25, 0.3) is 5.91 Å². The number of benzene rings is 2. The zero-order valence-electron chi connectivity index (χ0n) is 15.9. The molecule has 2 aromatic carbocycles. The van der Waals surface area contributed by atoms with Crippen LogP contribution in [-0.2, 0) is 13.1 Å². The first kappa shape index (κ1) is 18.0. The zero-order valence-corrected chi connectivity index (χ0v) is 15.9. The fourth-order valence-corrected chi connectivity index (χ4v) is 3.35. The lowest BCUT2D eigenvalue weighted by Gasteiger charge is -2.07. The molecule has 1 amide bonds. The summed E-state index contributed by atoms with van der Waals surface area (Å²) in [6.07, 6.45) is 2.94. The van der Waals surface area contributed by atoms with Gasteiger partial charge >= 0.3 is 0 Å². The van der Waals surface area contributed by atoms with Crippen LogP contribution in [0, 0.1) is 6.92 Å². The van der Waals surface area contributed by atoms with Gasteiger partial charge in [-0.15, -0.1) is 5.10 Å². The van der Waals surface area contributed by atoms with Crippen molar-refractivity contribution in [1.82, 2.24) is 24.9 Å².